The summed E-state index contributed by atoms with van der Waals surface area (Å²) in [6.07, 6.45) is 1.41. The van der Waals surface area contributed by atoms with Crippen LogP contribution in [0.1, 0.15) is 19.8 Å². The van der Waals surface area contributed by atoms with E-state index in [1.165, 1.54) is 7.11 Å². The van der Waals surface area contributed by atoms with Gasteiger partial charge in [0.15, 0.2) is 0 Å². The van der Waals surface area contributed by atoms with Crippen LogP contribution in [0.4, 0.5) is 0 Å². The standard InChI is InChI=1S/C5H10O2.C3H10O3Si/c1-3-4-5(6)7-2;1-4-7(5-2)6-3/h3-4H2,1-2H3;7H,1-3H3. The number of esters is 1. The summed E-state index contributed by atoms with van der Waals surface area (Å²) >= 11 is 0. The Hall–Kier alpha value is -0.433. The predicted molar refractivity (Wildman–Crippen MR) is 55.1 cm³/mol. The summed E-state index contributed by atoms with van der Waals surface area (Å²) in [5.41, 5.74) is 0. The zero-order valence-corrected chi connectivity index (χ0v) is 10.7. The first kappa shape index (κ1) is 16.0. The summed E-state index contributed by atoms with van der Waals surface area (Å²) in [6.45, 7) is 1.94. The lowest BCUT2D eigenvalue weighted by Crippen LogP contribution is -2.21. The van der Waals surface area contributed by atoms with Crippen LogP contribution in [-0.2, 0) is 22.8 Å². The van der Waals surface area contributed by atoms with Crippen LogP contribution in [0.5, 0.6) is 0 Å². The molecule has 0 aliphatic heterocycles. The zero-order chi connectivity index (χ0) is 11.4. The Morgan fingerprint density at radius 2 is 1.50 bits per heavy atom. The summed E-state index contributed by atoms with van der Waals surface area (Å²) in [4.78, 5) is 10.2. The number of rotatable bonds is 5. The fourth-order valence-corrected chi connectivity index (χ4v) is 1.17. The summed E-state index contributed by atoms with van der Waals surface area (Å²) in [5.74, 6) is -0.123. The minimum absolute atomic E-state index is 0.123. The van der Waals surface area contributed by atoms with Crippen LogP contribution in [0.3, 0.4) is 0 Å². The minimum atomic E-state index is -1.67. The molecule has 0 N–H and O–H groups in total. The van der Waals surface area contributed by atoms with Gasteiger partial charge in [-0.05, 0) is 6.42 Å². The monoisotopic (exact) mass is 224 g/mol. The Labute approximate surface area is 87.3 Å². The van der Waals surface area contributed by atoms with Crippen LogP contribution in [0.2, 0.25) is 0 Å². The fourth-order valence-electron chi connectivity index (χ4n) is 0.595. The third-order valence-electron chi connectivity index (χ3n) is 1.26. The molecule has 0 aromatic carbocycles. The second kappa shape index (κ2) is 12.6. The highest BCUT2D eigenvalue weighted by Gasteiger charge is 2.04. The number of ether oxygens (including phenoxy) is 1. The molecule has 0 spiro atoms. The van der Waals surface area contributed by atoms with E-state index in [9.17, 15) is 4.79 Å². The molecule has 0 saturated carbocycles. The van der Waals surface area contributed by atoms with Crippen molar-refractivity contribution in [1.29, 1.82) is 0 Å². The van der Waals surface area contributed by atoms with E-state index in [0.29, 0.717) is 6.42 Å². The molecule has 0 fully saturated rings. The molecule has 0 atom stereocenters. The highest BCUT2D eigenvalue weighted by molar-refractivity contribution is 6.36. The SMILES string of the molecule is CCCC(=O)OC.CO[SiH](OC)OC. The quantitative estimate of drug-likeness (QED) is 0.505. The first-order valence-corrected chi connectivity index (χ1v) is 5.72. The first-order chi connectivity index (χ1) is 6.65. The molecule has 0 radical (unpaired) electrons. The van der Waals surface area contributed by atoms with Crippen molar-refractivity contribution in [3.05, 3.63) is 0 Å². The number of carbonyl (C=O) groups is 1. The van der Waals surface area contributed by atoms with Crippen molar-refractivity contribution in [2.45, 2.75) is 19.8 Å². The van der Waals surface area contributed by atoms with Crippen molar-refractivity contribution >= 4 is 15.5 Å². The lowest BCUT2D eigenvalue weighted by Gasteiger charge is -2.05. The normalized spacial score (nSPS) is 9.29. The minimum Gasteiger partial charge on any atom is -0.469 e. The van der Waals surface area contributed by atoms with E-state index in [4.69, 9.17) is 13.3 Å². The lowest BCUT2D eigenvalue weighted by molar-refractivity contribution is -0.140. The molecule has 0 bridgehead atoms. The van der Waals surface area contributed by atoms with E-state index in [1.807, 2.05) is 6.92 Å². The topological polar surface area (TPSA) is 54.0 Å². The molecule has 0 aromatic heterocycles. The van der Waals surface area contributed by atoms with Crippen LogP contribution < -0.4 is 0 Å². The molecular formula is C8H20O5Si. The van der Waals surface area contributed by atoms with Gasteiger partial charge in [-0.15, -0.1) is 0 Å². The van der Waals surface area contributed by atoms with Crippen LogP contribution in [0.15, 0.2) is 0 Å². The van der Waals surface area contributed by atoms with Crippen molar-refractivity contribution < 1.29 is 22.8 Å². The van der Waals surface area contributed by atoms with Crippen LogP contribution in [0.25, 0.3) is 0 Å². The van der Waals surface area contributed by atoms with Gasteiger partial charge in [0.05, 0.1) is 7.11 Å². The predicted octanol–water partition coefficient (Wildman–Crippen LogP) is 0.602. The van der Waals surface area contributed by atoms with Gasteiger partial charge in [-0.2, -0.15) is 0 Å². The molecule has 0 aliphatic carbocycles. The van der Waals surface area contributed by atoms with Crippen LogP contribution >= 0.6 is 0 Å². The zero-order valence-electron chi connectivity index (χ0n) is 9.53. The van der Waals surface area contributed by atoms with E-state index >= 15 is 0 Å². The third kappa shape index (κ3) is 11.6. The maximum atomic E-state index is 10.2. The number of hydrogen-bond donors (Lipinski definition) is 0. The Morgan fingerprint density at radius 1 is 1.07 bits per heavy atom. The van der Waals surface area contributed by atoms with Gasteiger partial charge in [0, 0.05) is 27.8 Å². The molecule has 86 valence electrons. The number of hydrogen-bond acceptors (Lipinski definition) is 5. The smallest absolute Gasteiger partial charge is 0.469 e. The average Bonchev–Trinajstić information content (AvgIpc) is 2.22. The molecular weight excluding hydrogens is 204 g/mol. The Kier molecular flexibility index (Phi) is 14.4. The summed E-state index contributed by atoms with van der Waals surface area (Å²) in [7, 11) is 4.45. The highest BCUT2D eigenvalue weighted by Crippen LogP contribution is 1.86. The Balaban J connectivity index is 0. The molecule has 0 rings (SSSR count). The van der Waals surface area contributed by atoms with Gasteiger partial charge in [-0.1, -0.05) is 6.92 Å². The largest absolute Gasteiger partial charge is 0.483 e. The molecule has 6 heteroatoms. The average molecular weight is 224 g/mol. The first-order valence-electron chi connectivity index (χ1n) is 4.31. The van der Waals surface area contributed by atoms with Crippen LogP contribution in [0, 0.1) is 0 Å². The molecule has 0 saturated heterocycles. The second-order valence-corrected chi connectivity index (χ2v) is 4.31. The van der Waals surface area contributed by atoms with Gasteiger partial charge in [0.1, 0.15) is 0 Å². The molecule has 0 amide bonds. The van der Waals surface area contributed by atoms with Crippen molar-refractivity contribution in [1.82, 2.24) is 0 Å². The molecule has 0 heterocycles. The van der Waals surface area contributed by atoms with Crippen molar-refractivity contribution in [2.75, 3.05) is 28.4 Å². The summed E-state index contributed by atoms with van der Waals surface area (Å²) in [5, 5.41) is 0. The van der Waals surface area contributed by atoms with Crippen molar-refractivity contribution in [3.8, 4) is 0 Å². The number of methoxy groups -OCH3 is 1. The highest BCUT2D eigenvalue weighted by atomic mass is 28.3. The number of carbonyl (C=O) groups excluding carboxylic acids is 1. The summed E-state index contributed by atoms with van der Waals surface area (Å²) in [6, 6.07) is 0. The van der Waals surface area contributed by atoms with Crippen molar-refractivity contribution in [3.63, 3.8) is 0 Å². The maximum Gasteiger partial charge on any atom is 0.483 e. The van der Waals surface area contributed by atoms with Gasteiger partial charge in [-0.3, -0.25) is 4.79 Å². The Morgan fingerprint density at radius 3 is 1.57 bits per heavy atom. The van der Waals surface area contributed by atoms with Gasteiger partial charge in [-0.25, -0.2) is 0 Å². The molecule has 0 unspecified atom stereocenters. The molecule has 0 aliphatic rings. The van der Waals surface area contributed by atoms with E-state index in [0.717, 1.165) is 6.42 Å². The molecule has 5 nitrogen and oxygen atoms in total. The van der Waals surface area contributed by atoms with E-state index < -0.39 is 9.53 Å². The van der Waals surface area contributed by atoms with Gasteiger partial charge >= 0.3 is 15.5 Å². The van der Waals surface area contributed by atoms with E-state index in [2.05, 4.69) is 4.74 Å². The van der Waals surface area contributed by atoms with Crippen LogP contribution in [-0.4, -0.2) is 43.9 Å². The van der Waals surface area contributed by atoms with Crippen molar-refractivity contribution in [2.24, 2.45) is 0 Å². The lowest BCUT2D eigenvalue weighted by atomic mass is 10.3. The molecule has 14 heavy (non-hydrogen) atoms. The van der Waals surface area contributed by atoms with Gasteiger partial charge in [0.25, 0.3) is 0 Å². The van der Waals surface area contributed by atoms with E-state index in [-0.39, 0.29) is 5.97 Å². The Bertz CT molecular complexity index is 121. The van der Waals surface area contributed by atoms with Gasteiger partial charge in [0.2, 0.25) is 0 Å². The second-order valence-electron chi connectivity index (χ2n) is 2.32. The molecule has 0 aromatic rings. The van der Waals surface area contributed by atoms with E-state index in [1.54, 1.807) is 21.3 Å². The fraction of sp³-hybridized carbons (Fsp3) is 0.875. The maximum absolute atomic E-state index is 10.2. The summed E-state index contributed by atoms with van der Waals surface area (Å²) < 4.78 is 18.6. The van der Waals surface area contributed by atoms with Gasteiger partial charge < -0.3 is 18.0 Å². The third-order valence-corrected chi connectivity index (χ3v) is 2.41.